The molecule has 0 aliphatic carbocycles. The molecule has 1 N–H and O–H groups in total. The van der Waals surface area contributed by atoms with Crippen LogP contribution in [0.1, 0.15) is 36.9 Å². The van der Waals surface area contributed by atoms with Gasteiger partial charge in [0, 0.05) is 21.0 Å². The number of nitrogens with one attached hydrogen (secondary N) is 1. The lowest BCUT2D eigenvalue weighted by Gasteiger charge is -2.35. The third-order valence-corrected chi connectivity index (χ3v) is 6.23. The van der Waals surface area contributed by atoms with Crippen LogP contribution in [0.15, 0.2) is 24.3 Å². The molecule has 2 rings (SSSR count). The summed E-state index contributed by atoms with van der Waals surface area (Å²) in [6, 6.07) is 6.83. The fourth-order valence-electron chi connectivity index (χ4n) is 3.29. The maximum atomic E-state index is 13.0. The summed E-state index contributed by atoms with van der Waals surface area (Å²) in [5.74, 6) is -0.353. The van der Waals surface area contributed by atoms with Crippen molar-refractivity contribution in [3.05, 3.63) is 35.4 Å². The maximum Gasteiger partial charge on any atom is 0.239 e. The van der Waals surface area contributed by atoms with Gasteiger partial charge in [0.25, 0.3) is 0 Å². The van der Waals surface area contributed by atoms with Crippen LogP contribution in [-0.2, 0) is 19.4 Å². The van der Waals surface area contributed by atoms with Crippen molar-refractivity contribution in [2.45, 2.75) is 38.8 Å². The number of rotatable bonds is 6. The largest absolute Gasteiger partial charge is 0.349 e. The fraction of sp³-hybridized carbons (Fsp3) is 0.556. The number of hydrogen-bond acceptors (Lipinski definition) is 5. The van der Waals surface area contributed by atoms with Crippen LogP contribution in [0.5, 0.6) is 0 Å². The Labute approximate surface area is 155 Å². The second-order valence-corrected chi connectivity index (χ2v) is 9.24. The van der Waals surface area contributed by atoms with Crippen molar-refractivity contribution < 1.29 is 18.0 Å². The van der Waals surface area contributed by atoms with Crippen molar-refractivity contribution in [3.8, 4) is 0 Å². The van der Waals surface area contributed by atoms with E-state index < -0.39 is 15.9 Å². The number of aryl methyl sites for hydroxylation is 1. The van der Waals surface area contributed by atoms with Crippen LogP contribution in [0.2, 0.25) is 0 Å². The highest BCUT2D eigenvalue weighted by Crippen LogP contribution is 2.23. The molecular weight excluding hydrogens is 354 g/mol. The second-order valence-electron chi connectivity index (χ2n) is 7.01. The van der Waals surface area contributed by atoms with Gasteiger partial charge in [-0.25, -0.2) is 13.4 Å². The Morgan fingerprint density at radius 3 is 2.31 bits per heavy atom. The Morgan fingerprint density at radius 2 is 1.85 bits per heavy atom. The smallest absolute Gasteiger partial charge is 0.239 e. The monoisotopic (exact) mass is 381 g/mol. The molecule has 0 spiro atoms. The summed E-state index contributed by atoms with van der Waals surface area (Å²) in [7, 11) is 0.346. The standard InChI is InChI=1S/C18H27N3O4S/c1-13-5-7-15(8-6-13)17(19-14(2)22)11-18(23)21(20(3)4)16-9-10-26(24,25)12-16/h5-8,16-17H,9-12H2,1-4H3,(H,19,22). The average Bonchev–Trinajstić information content (AvgIpc) is 2.86. The Bertz CT molecular complexity index is 759. The summed E-state index contributed by atoms with van der Waals surface area (Å²) in [6.45, 7) is 3.38. The van der Waals surface area contributed by atoms with E-state index in [1.807, 2.05) is 31.2 Å². The van der Waals surface area contributed by atoms with Gasteiger partial charge in [-0.2, -0.15) is 0 Å². The minimum absolute atomic E-state index is 0.0216. The minimum Gasteiger partial charge on any atom is -0.349 e. The van der Waals surface area contributed by atoms with Gasteiger partial charge in [0.2, 0.25) is 11.8 Å². The lowest BCUT2D eigenvalue weighted by Crippen LogP contribution is -2.50. The third-order valence-electron chi connectivity index (χ3n) is 4.48. The normalized spacial score (nSPS) is 20.0. The van der Waals surface area contributed by atoms with E-state index in [-0.39, 0.29) is 35.8 Å². The van der Waals surface area contributed by atoms with Crippen LogP contribution in [0.3, 0.4) is 0 Å². The van der Waals surface area contributed by atoms with Crippen LogP contribution >= 0.6 is 0 Å². The van der Waals surface area contributed by atoms with Crippen molar-refractivity contribution in [1.29, 1.82) is 0 Å². The van der Waals surface area contributed by atoms with Crippen molar-refractivity contribution in [2.24, 2.45) is 0 Å². The quantitative estimate of drug-likeness (QED) is 0.745. The number of sulfone groups is 1. The summed E-state index contributed by atoms with van der Waals surface area (Å²) in [5.41, 5.74) is 1.93. The van der Waals surface area contributed by atoms with E-state index in [1.54, 1.807) is 19.1 Å². The van der Waals surface area contributed by atoms with Gasteiger partial charge in [-0.3, -0.25) is 14.6 Å². The predicted octanol–water partition coefficient (Wildman–Crippen LogP) is 1.05. The first-order valence-corrected chi connectivity index (χ1v) is 10.4. The maximum absolute atomic E-state index is 13.0. The number of hydrogen-bond donors (Lipinski definition) is 1. The number of carbonyl (C=O) groups excluding carboxylic acids is 2. The summed E-state index contributed by atoms with van der Waals surface area (Å²) in [4.78, 5) is 24.5. The Hall–Kier alpha value is -1.93. The molecule has 2 unspecified atom stereocenters. The molecule has 26 heavy (non-hydrogen) atoms. The highest BCUT2D eigenvalue weighted by molar-refractivity contribution is 7.91. The molecule has 2 atom stereocenters. The zero-order valence-corrected chi connectivity index (χ0v) is 16.5. The average molecular weight is 381 g/mol. The molecule has 0 radical (unpaired) electrons. The second kappa shape index (κ2) is 8.18. The molecule has 1 saturated heterocycles. The lowest BCUT2D eigenvalue weighted by atomic mass is 10.0. The molecule has 0 saturated carbocycles. The number of benzene rings is 1. The molecule has 1 fully saturated rings. The molecule has 1 aromatic rings. The molecule has 7 nitrogen and oxygen atoms in total. The van der Waals surface area contributed by atoms with E-state index in [0.29, 0.717) is 6.42 Å². The van der Waals surface area contributed by atoms with Crippen LogP contribution in [0.4, 0.5) is 0 Å². The molecule has 0 bridgehead atoms. The van der Waals surface area contributed by atoms with E-state index in [1.165, 1.54) is 11.9 Å². The zero-order chi connectivity index (χ0) is 19.5. The number of amides is 2. The van der Waals surface area contributed by atoms with E-state index in [9.17, 15) is 18.0 Å². The molecule has 1 aromatic carbocycles. The van der Waals surface area contributed by atoms with Crippen molar-refractivity contribution in [3.63, 3.8) is 0 Å². The van der Waals surface area contributed by atoms with Gasteiger partial charge < -0.3 is 5.32 Å². The van der Waals surface area contributed by atoms with Gasteiger partial charge >= 0.3 is 0 Å². The van der Waals surface area contributed by atoms with Crippen LogP contribution in [-0.4, -0.2) is 61.9 Å². The predicted molar refractivity (Wildman–Crippen MR) is 99.9 cm³/mol. The molecule has 0 aromatic heterocycles. The van der Waals surface area contributed by atoms with Crippen LogP contribution < -0.4 is 5.32 Å². The Balaban J connectivity index is 2.20. The molecule has 144 valence electrons. The van der Waals surface area contributed by atoms with E-state index in [2.05, 4.69) is 5.32 Å². The minimum atomic E-state index is -3.10. The van der Waals surface area contributed by atoms with E-state index >= 15 is 0 Å². The van der Waals surface area contributed by atoms with Crippen molar-refractivity contribution in [2.75, 3.05) is 25.6 Å². The lowest BCUT2D eigenvalue weighted by molar-refractivity contribution is -0.149. The van der Waals surface area contributed by atoms with Crippen LogP contribution in [0.25, 0.3) is 0 Å². The highest BCUT2D eigenvalue weighted by Gasteiger charge is 2.36. The zero-order valence-electron chi connectivity index (χ0n) is 15.7. The molecule has 8 heteroatoms. The van der Waals surface area contributed by atoms with Gasteiger partial charge in [-0.1, -0.05) is 29.8 Å². The molecule has 2 amide bonds. The number of nitrogens with zero attached hydrogens (tertiary/aromatic N) is 2. The first-order valence-electron chi connectivity index (χ1n) is 8.62. The van der Waals surface area contributed by atoms with E-state index in [0.717, 1.165) is 11.1 Å². The third kappa shape index (κ3) is 5.28. The summed E-state index contributed by atoms with van der Waals surface area (Å²) in [6.07, 6.45) is 0.499. The molecule has 1 aliphatic rings. The Kier molecular flexibility index (Phi) is 6.41. The highest BCUT2D eigenvalue weighted by atomic mass is 32.2. The van der Waals surface area contributed by atoms with Gasteiger partial charge in [-0.05, 0) is 18.9 Å². The fourth-order valence-corrected chi connectivity index (χ4v) is 4.98. The topological polar surface area (TPSA) is 86.8 Å². The molecule has 1 aliphatic heterocycles. The van der Waals surface area contributed by atoms with E-state index in [4.69, 9.17) is 0 Å². The van der Waals surface area contributed by atoms with Gasteiger partial charge in [-0.15, -0.1) is 0 Å². The first-order chi connectivity index (χ1) is 12.1. The van der Waals surface area contributed by atoms with Gasteiger partial charge in [0.15, 0.2) is 9.84 Å². The number of carbonyl (C=O) groups is 2. The first kappa shape index (κ1) is 20.4. The molecule has 1 heterocycles. The van der Waals surface area contributed by atoms with Crippen molar-refractivity contribution in [1.82, 2.24) is 15.3 Å². The van der Waals surface area contributed by atoms with Crippen LogP contribution in [0, 0.1) is 6.92 Å². The van der Waals surface area contributed by atoms with Gasteiger partial charge in [0.05, 0.1) is 30.0 Å². The summed E-state index contributed by atoms with van der Waals surface area (Å²) in [5, 5.41) is 5.96. The molecular formula is C18H27N3O4S. The Morgan fingerprint density at radius 1 is 1.23 bits per heavy atom. The van der Waals surface area contributed by atoms with Gasteiger partial charge in [0.1, 0.15) is 0 Å². The summed E-state index contributed by atoms with van der Waals surface area (Å²) < 4.78 is 23.6. The van der Waals surface area contributed by atoms with Crippen molar-refractivity contribution >= 4 is 21.7 Å². The number of hydrazine groups is 1. The SMILES string of the molecule is CC(=O)NC(CC(=O)N(C1CCS(=O)(=O)C1)N(C)C)c1ccc(C)cc1. The summed E-state index contributed by atoms with van der Waals surface area (Å²) >= 11 is 0.